The summed E-state index contributed by atoms with van der Waals surface area (Å²) in [7, 11) is -4.10. The largest absolute Gasteiger partial charge is 0.354 e. The molecule has 0 unspecified atom stereocenters. The number of hydrogen-bond donors (Lipinski definition) is 1. The molecule has 7 nitrogen and oxygen atoms in total. The molecule has 0 spiro atoms. The Hall–Kier alpha value is -3.65. The highest BCUT2D eigenvalue weighted by Crippen LogP contribution is 2.28. The van der Waals surface area contributed by atoms with Gasteiger partial charge in [-0.25, -0.2) is 8.42 Å². The van der Waals surface area contributed by atoms with Crippen LogP contribution in [0.3, 0.4) is 0 Å². The Morgan fingerprint density at radius 2 is 1.45 bits per heavy atom. The van der Waals surface area contributed by atoms with Gasteiger partial charge in [0.2, 0.25) is 11.8 Å². The normalized spacial score (nSPS) is 12.2. The highest BCUT2D eigenvalue weighted by molar-refractivity contribution is 7.92. The maximum atomic E-state index is 14.1. The Morgan fingerprint density at radius 3 is 2.05 bits per heavy atom. The predicted molar refractivity (Wildman–Crippen MR) is 161 cm³/mol. The molecule has 0 heterocycles. The molecule has 0 saturated carbocycles. The van der Waals surface area contributed by atoms with Crippen LogP contribution >= 0.6 is 0 Å². The average molecular weight is 564 g/mol. The van der Waals surface area contributed by atoms with Gasteiger partial charge in [0.15, 0.2) is 0 Å². The lowest BCUT2D eigenvalue weighted by Gasteiger charge is -2.33. The molecular formula is C32H41N3O4S. The molecule has 0 aliphatic heterocycles. The minimum absolute atomic E-state index is 0.102. The lowest BCUT2D eigenvalue weighted by molar-refractivity contribution is -0.139. The molecular weight excluding hydrogens is 522 g/mol. The van der Waals surface area contributed by atoms with Gasteiger partial charge in [-0.1, -0.05) is 80.9 Å². The summed E-state index contributed by atoms with van der Waals surface area (Å²) < 4.78 is 29.3. The van der Waals surface area contributed by atoms with Gasteiger partial charge in [-0.2, -0.15) is 0 Å². The van der Waals surface area contributed by atoms with Crippen LogP contribution in [0, 0.1) is 19.8 Å². The smallest absolute Gasteiger partial charge is 0.264 e. The Kier molecular flexibility index (Phi) is 10.5. The molecule has 3 aromatic carbocycles. The molecule has 0 bridgehead atoms. The van der Waals surface area contributed by atoms with Crippen molar-refractivity contribution in [2.75, 3.05) is 17.4 Å². The molecule has 40 heavy (non-hydrogen) atoms. The third kappa shape index (κ3) is 7.50. The highest BCUT2D eigenvalue weighted by Gasteiger charge is 2.33. The van der Waals surface area contributed by atoms with Gasteiger partial charge in [-0.3, -0.25) is 13.9 Å². The number of hydrogen-bond acceptors (Lipinski definition) is 4. The topological polar surface area (TPSA) is 86.8 Å². The maximum Gasteiger partial charge on any atom is 0.264 e. The van der Waals surface area contributed by atoms with Crippen LogP contribution < -0.4 is 9.62 Å². The summed E-state index contributed by atoms with van der Waals surface area (Å²) in [6.07, 6.45) is 0.589. The fourth-order valence-corrected chi connectivity index (χ4v) is 5.86. The Bertz CT molecular complexity index is 1420. The second-order valence-electron chi connectivity index (χ2n) is 10.6. The lowest BCUT2D eigenvalue weighted by Crippen LogP contribution is -2.51. The zero-order chi connectivity index (χ0) is 29.4. The number of carbonyl (C=O) groups excluding carboxylic acids is 2. The number of nitrogens with zero attached hydrogens (tertiary/aromatic N) is 2. The molecule has 8 heteroatoms. The van der Waals surface area contributed by atoms with E-state index in [9.17, 15) is 18.0 Å². The van der Waals surface area contributed by atoms with Gasteiger partial charge in [0, 0.05) is 13.1 Å². The molecule has 0 aliphatic carbocycles. The zero-order valence-electron chi connectivity index (χ0n) is 24.3. The Morgan fingerprint density at radius 1 is 0.850 bits per heavy atom. The monoisotopic (exact) mass is 563 g/mol. The number of aryl methyl sites for hydroxylation is 3. The quantitative estimate of drug-likeness (QED) is 0.326. The highest BCUT2D eigenvalue weighted by atomic mass is 32.2. The van der Waals surface area contributed by atoms with Crippen LogP contribution in [0.4, 0.5) is 5.69 Å². The van der Waals surface area contributed by atoms with Crippen molar-refractivity contribution in [1.82, 2.24) is 10.2 Å². The third-order valence-electron chi connectivity index (χ3n) is 6.98. The van der Waals surface area contributed by atoms with Crippen molar-refractivity contribution < 1.29 is 18.0 Å². The van der Waals surface area contributed by atoms with Crippen LogP contribution in [0.15, 0.2) is 77.7 Å². The fraction of sp³-hybridized carbons (Fsp3) is 0.375. The average Bonchev–Trinajstić information content (AvgIpc) is 2.93. The van der Waals surface area contributed by atoms with E-state index in [4.69, 9.17) is 0 Å². The van der Waals surface area contributed by atoms with Crippen molar-refractivity contribution >= 4 is 27.5 Å². The second-order valence-corrected chi connectivity index (χ2v) is 12.4. The van der Waals surface area contributed by atoms with Crippen LogP contribution in [0.25, 0.3) is 0 Å². The molecule has 0 aromatic heterocycles. The van der Waals surface area contributed by atoms with Gasteiger partial charge >= 0.3 is 0 Å². The number of benzene rings is 3. The molecule has 0 aliphatic rings. The van der Waals surface area contributed by atoms with E-state index in [0.717, 1.165) is 22.3 Å². The molecule has 2 amide bonds. The van der Waals surface area contributed by atoms with Crippen molar-refractivity contribution in [2.24, 2.45) is 5.92 Å². The fourth-order valence-electron chi connectivity index (χ4n) is 4.41. The predicted octanol–water partition coefficient (Wildman–Crippen LogP) is 5.25. The SMILES string of the molecule is CCc1ccccc1N(CC(=O)N(Cc1ccccc1C)[C@H](C)C(=O)NCC(C)C)S(=O)(=O)c1ccc(C)cc1. The van der Waals surface area contributed by atoms with Crippen LogP contribution in [0.5, 0.6) is 0 Å². The van der Waals surface area contributed by atoms with Crippen LogP contribution in [-0.2, 0) is 32.6 Å². The van der Waals surface area contributed by atoms with E-state index in [1.165, 1.54) is 9.21 Å². The number of carbonyl (C=O) groups is 2. The Balaban J connectivity index is 2.06. The third-order valence-corrected chi connectivity index (χ3v) is 8.76. The Labute approximate surface area is 239 Å². The van der Waals surface area contributed by atoms with Crippen molar-refractivity contribution in [1.29, 1.82) is 0 Å². The molecule has 0 radical (unpaired) electrons. The van der Waals surface area contributed by atoms with Crippen molar-refractivity contribution in [3.8, 4) is 0 Å². The number of amides is 2. The van der Waals surface area contributed by atoms with Gasteiger partial charge in [0.05, 0.1) is 10.6 Å². The van der Waals surface area contributed by atoms with Gasteiger partial charge in [0.25, 0.3) is 10.0 Å². The van der Waals surface area contributed by atoms with E-state index in [0.29, 0.717) is 18.7 Å². The number of nitrogens with one attached hydrogen (secondary N) is 1. The zero-order valence-corrected chi connectivity index (χ0v) is 25.2. The van der Waals surface area contributed by atoms with E-state index in [-0.39, 0.29) is 23.3 Å². The standard InChI is InChI=1S/C32H41N3O4S/c1-7-27-13-10-11-15-30(27)35(40(38,39)29-18-16-24(4)17-19-29)22-31(36)34(21-28-14-9-8-12-25(28)5)26(6)32(37)33-20-23(2)3/h8-19,23,26H,7,20-22H2,1-6H3,(H,33,37)/t26-/m1/s1. The number of anilines is 1. The van der Waals surface area contributed by atoms with Gasteiger partial charge in [-0.15, -0.1) is 0 Å². The summed E-state index contributed by atoms with van der Waals surface area (Å²) in [5.74, 6) is -0.494. The van der Waals surface area contributed by atoms with E-state index >= 15 is 0 Å². The molecule has 1 atom stereocenters. The lowest BCUT2D eigenvalue weighted by atomic mass is 10.1. The van der Waals surface area contributed by atoms with Crippen molar-refractivity contribution in [3.63, 3.8) is 0 Å². The van der Waals surface area contributed by atoms with Crippen LogP contribution in [-0.4, -0.2) is 44.3 Å². The summed E-state index contributed by atoms with van der Waals surface area (Å²) in [6, 6.07) is 20.7. The first-order valence-electron chi connectivity index (χ1n) is 13.7. The van der Waals surface area contributed by atoms with E-state index in [1.54, 1.807) is 43.3 Å². The number of rotatable bonds is 12. The molecule has 214 valence electrons. The number of para-hydroxylation sites is 1. The first kappa shape index (κ1) is 30.9. The van der Waals surface area contributed by atoms with E-state index in [2.05, 4.69) is 5.32 Å². The van der Waals surface area contributed by atoms with E-state index in [1.807, 2.05) is 71.0 Å². The molecule has 3 rings (SSSR count). The van der Waals surface area contributed by atoms with Crippen LogP contribution in [0.1, 0.15) is 49.9 Å². The summed E-state index contributed by atoms with van der Waals surface area (Å²) in [4.78, 5) is 28.8. The first-order chi connectivity index (χ1) is 18.9. The molecule has 0 fully saturated rings. The van der Waals surface area contributed by atoms with Gasteiger partial charge in [-0.05, 0) is 68.0 Å². The minimum Gasteiger partial charge on any atom is -0.354 e. The summed E-state index contributed by atoms with van der Waals surface area (Å²) >= 11 is 0. The summed E-state index contributed by atoms with van der Waals surface area (Å²) in [6.45, 7) is 11.7. The second kappa shape index (κ2) is 13.6. The first-order valence-corrected chi connectivity index (χ1v) is 15.2. The van der Waals surface area contributed by atoms with Gasteiger partial charge in [0.1, 0.15) is 12.6 Å². The summed E-state index contributed by atoms with van der Waals surface area (Å²) in [5, 5.41) is 2.92. The van der Waals surface area contributed by atoms with Crippen molar-refractivity contribution in [2.45, 2.75) is 65.4 Å². The van der Waals surface area contributed by atoms with Gasteiger partial charge < -0.3 is 10.2 Å². The summed E-state index contributed by atoms with van der Waals surface area (Å²) in [5.41, 5.74) is 4.06. The maximum absolute atomic E-state index is 14.1. The minimum atomic E-state index is -4.10. The molecule has 3 aromatic rings. The number of sulfonamides is 1. The van der Waals surface area contributed by atoms with Crippen molar-refractivity contribution in [3.05, 3.63) is 95.1 Å². The van der Waals surface area contributed by atoms with Crippen LogP contribution in [0.2, 0.25) is 0 Å². The molecule has 0 saturated heterocycles. The molecule has 1 N–H and O–H groups in total. The van der Waals surface area contributed by atoms with E-state index < -0.39 is 28.5 Å².